The van der Waals surface area contributed by atoms with Crippen LogP contribution >= 0.6 is 0 Å². The number of anilines is 3. The molecule has 0 saturated carbocycles. The smallest absolute Gasteiger partial charge is 0.253 e. The van der Waals surface area contributed by atoms with Crippen molar-refractivity contribution in [2.24, 2.45) is 0 Å². The molecule has 0 aliphatic carbocycles. The van der Waals surface area contributed by atoms with Crippen LogP contribution in [0.1, 0.15) is 15.9 Å². The van der Waals surface area contributed by atoms with Crippen LogP contribution in [0.4, 0.5) is 17.1 Å². The quantitative estimate of drug-likeness (QED) is 0.881. The van der Waals surface area contributed by atoms with Crippen LogP contribution in [0, 0.1) is 6.92 Å². The molecule has 0 fully saturated rings. The van der Waals surface area contributed by atoms with E-state index in [1.165, 1.54) is 5.56 Å². The standard InChI is InChI=1S/C17H21N3O/c1-12-7-5-6-8-15(12)20(4)16-10-9-13(11-14(16)18)17(21)19(2)3/h5-11H,18H2,1-4H3. The highest BCUT2D eigenvalue weighted by Crippen LogP contribution is 2.31. The van der Waals surface area contributed by atoms with Crippen LogP contribution in [0.25, 0.3) is 0 Å². The summed E-state index contributed by atoms with van der Waals surface area (Å²) in [6, 6.07) is 13.5. The minimum Gasteiger partial charge on any atom is -0.397 e. The topological polar surface area (TPSA) is 49.6 Å². The summed E-state index contributed by atoms with van der Waals surface area (Å²) in [5.41, 5.74) is 10.5. The van der Waals surface area contributed by atoms with Crippen LogP contribution in [0.15, 0.2) is 42.5 Å². The zero-order valence-electron chi connectivity index (χ0n) is 12.9. The molecule has 1 amide bonds. The molecular formula is C17H21N3O. The molecule has 4 nitrogen and oxygen atoms in total. The first kappa shape index (κ1) is 14.9. The minimum absolute atomic E-state index is 0.0493. The Morgan fingerprint density at radius 2 is 1.67 bits per heavy atom. The molecule has 2 N–H and O–H groups in total. The Bertz CT molecular complexity index is 665. The average Bonchev–Trinajstić information content (AvgIpc) is 2.46. The number of benzene rings is 2. The Hall–Kier alpha value is -2.49. The Morgan fingerprint density at radius 1 is 1.00 bits per heavy atom. The first-order valence-electron chi connectivity index (χ1n) is 6.82. The van der Waals surface area contributed by atoms with Gasteiger partial charge in [-0.1, -0.05) is 18.2 Å². The maximum absolute atomic E-state index is 12.0. The monoisotopic (exact) mass is 283 g/mol. The second-order valence-corrected chi connectivity index (χ2v) is 5.32. The van der Waals surface area contributed by atoms with E-state index in [-0.39, 0.29) is 5.91 Å². The normalized spacial score (nSPS) is 10.3. The van der Waals surface area contributed by atoms with Gasteiger partial charge in [0.25, 0.3) is 5.91 Å². The molecule has 0 aliphatic rings. The van der Waals surface area contributed by atoms with Crippen molar-refractivity contribution in [3.05, 3.63) is 53.6 Å². The molecule has 0 spiro atoms. The summed E-state index contributed by atoms with van der Waals surface area (Å²) in [6.45, 7) is 2.06. The average molecular weight is 283 g/mol. The first-order chi connectivity index (χ1) is 9.91. The van der Waals surface area contributed by atoms with Gasteiger partial charge in [-0.25, -0.2) is 0 Å². The summed E-state index contributed by atoms with van der Waals surface area (Å²) in [7, 11) is 5.43. The zero-order valence-corrected chi connectivity index (χ0v) is 12.9. The Labute approximate surface area is 125 Å². The largest absolute Gasteiger partial charge is 0.397 e. The number of nitrogens with zero attached hydrogens (tertiary/aromatic N) is 2. The van der Waals surface area contributed by atoms with Gasteiger partial charge >= 0.3 is 0 Å². The van der Waals surface area contributed by atoms with E-state index in [4.69, 9.17) is 5.73 Å². The lowest BCUT2D eigenvalue weighted by Gasteiger charge is -2.23. The van der Waals surface area contributed by atoms with Crippen LogP contribution in [-0.4, -0.2) is 32.0 Å². The van der Waals surface area contributed by atoms with E-state index < -0.39 is 0 Å². The predicted octanol–water partition coefficient (Wildman–Crippen LogP) is 3.05. The molecule has 0 aromatic heterocycles. The van der Waals surface area contributed by atoms with Gasteiger partial charge in [0.05, 0.1) is 11.4 Å². The molecule has 0 saturated heterocycles. The number of nitrogens with two attached hydrogens (primary N) is 1. The van der Waals surface area contributed by atoms with Crippen LogP contribution in [0.2, 0.25) is 0 Å². The zero-order chi connectivity index (χ0) is 15.6. The third kappa shape index (κ3) is 2.99. The number of amides is 1. The maximum atomic E-state index is 12.0. The minimum atomic E-state index is -0.0493. The van der Waals surface area contributed by atoms with E-state index in [1.807, 2.05) is 42.3 Å². The number of nitrogen functional groups attached to an aromatic ring is 1. The third-order valence-corrected chi connectivity index (χ3v) is 3.52. The fourth-order valence-corrected chi connectivity index (χ4v) is 2.32. The molecule has 110 valence electrons. The van der Waals surface area contributed by atoms with E-state index >= 15 is 0 Å². The maximum Gasteiger partial charge on any atom is 0.253 e. The highest BCUT2D eigenvalue weighted by Gasteiger charge is 2.13. The molecule has 4 heteroatoms. The lowest BCUT2D eigenvalue weighted by molar-refractivity contribution is 0.0827. The summed E-state index contributed by atoms with van der Waals surface area (Å²) in [4.78, 5) is 15.5. The van der Waals surface area contributed by atoms with Crippen LogP contribution in [0.3, 0.4) is 0 Å². The molecule has 2 rings (SSSR count). The summed E-state index contributed by atoms with van der Waals surface area (Å²) in [5.74, 6) is -0.0493. The first-order valence-corrected chi connectivity index (χ1v) is 6.82. The van der Waals surface area contributed by atoms with Gasteiger partial charge in [-0.2, -0.15) is 0 Å². The molecule has 0 aliphatic heterocycles. The second kappa shape index (κ2) is 5.87. The molecule has 0 unspecified atom stereocenters. The number of rotatable bonds is 3. The molecule has 0 heterocycles. The van der Waals surface area contributed by atoms with Gasteiger partial charge < -0.3 is 15.5 Å². The Kier molecular flexibility index (Phi) is 4.17. The summed E-state index contributed by atoms with van der Waals surface area (Å²) in [5, 5.41) is 0. The molecule has 2 aromatic carbocycles. The van der Waals surface area contributed by atoms with Crippen molar-refractivity contribution in [3.8, 4) is 0 Å². The van der Waals surface area contributed by atoms with Crippen molar-refractivity contribution >= 4 is 23.0 Å². The van der Waals surface area contributed by atoms with Crippen molar-refractivity contribution in [3.63, 3.8) is 0 Å². The molecular weight excluding hydrogens is 262 g/mol. The van der Waals surface area contributed by atoms with Crippen molar-refractivity contribution < 1.29 is 4.79 Å². The van der Waals surface area contributed by atoms with E-state index in [0.717, 1.165) is 11.4 Å². The lowest BCUT2D eigenvalue weighted by Crippen LogP contribution is -2.22. The number of carbonyl (C=O) groups excluding carboxylic acids is 1. The Morgan fingerprint density at radius 3 is 2.24 bits per heavy atom. The van der Waals surface area contributed by atoms with Gasteiger partial charge in [0, 0.05) is 32.4 Å². The summed E-state index contributed by atoms with van der Waals surface area (Å²) < 4.78 is 0. The molecule has 0 bridgehead atoms. The van der Waals surface area contributed by atoms with Gasteiger partial charge in [0.15, 0.2) is 0 Å². The number of carbonyl (C=O) groups is 1. The summed E-state index contributed by atoms with van der Waals surface area (Å²) >= 11 is 0. The summed E-state index contributed by atoms with van der Waals surface area (Å²) in [6.07, 6.45) is 0. The van der Waals surface area contributed by atoms with Crippen molar-refractivity contribution in [2.75, 3.05) is 31.8 Å². The fourth-order valence-electron chi connectivity index (χ4n) is 2.32. The SMILES string of the molecule is Cc1ccccc1N(C)c1ccc(C(=O)N(C)C)cc1N. The molecule has 0 atom stereocenters. The van der Waals surface area contributed by atoms with E-state index in [1.54, 1.807) is 25.1 Å². The molecule has 21 heavy (non-hydrogen) atoms. The molecule has 2 aromatic rings. The second-order valence-electron chi connectivity index (χ2n) is 5.32. The Balaban J connectivity index is 2.38. The van der Waals surface area contributed by atoms with Gasteiger partial charge in [-0.3, -0.25) is 4.79 Å². The van der Waals surface area contributed by atoms with Gasteiger partial charge in [0.2, 0.25) is 0 Å². The van der Waals surface area contributed by atoms with Crippen LogP contribution in [0.5, 0.6) is 0 Å². The van der Waals surface area contributed by atoms with E-state index in [2.05, 4.69) is 13.0 Å². The number of aryl methyl sites for hydroxylation is 1. The van der Waals surface area contributed by atoms with Crippen molar-refractivity contribution in [1.29, 1.82) is 0 Å². The third-order valence-electron chi connectivity index (χ3n) is 3.52. The highest BCUT2D eigenvalue weighted by molar-refractivity contribution is 5.96. The predicted molar refractivity (Wildman–Crippen MR) is 88.1 cm³/mol. The van der Waals surface area contributed by atoms with Gasteiger partial charge in [0.1, 0.15) is 0 Å². The lowest BCUT2D eigenvalue weighted by atomic mass is 10.1. The number of para-hydroxylation sites is 1. The van der Waals surface area contributed by atoms with Crippen LogP contribution < -0.4 is 10.6 Å². The van der Waals surface area contributed by atoms with Gasteiger partial charge in [-0.15, -0.1) is 0 Å². The van der Waals surface area contributed by atoms with Crippen molar-refractivity contribution in [2.45, 2.75) is 6.92 Å². The number of hydrogen-bond donors (Lipinski definition) is 1. The van der Waals surface area contributed by atoms with E-state index in [0.29, 0.717) is 11.3 Å². The van der Waals surface area contributed by atoms with Gasteiger partial charge in [-0.05, 0) is 36.8 Å². The fraction of sp³-hybridized carbons (Fsp3) is 0.235. The van der Waals surface area contributed by atoms with Crippen molar-refractivity contribution in [1.82, 2.24) is 4.90 Å². The molecule has 0 radical (unpaired) electrons. The number of hydrogen-bond acceptors (Lipinski definition) is 3. The van der Waals surface area contributed by atoms with E-state index in [9.17, 15) is 4.79 Å². The highest BCUT2D eigenvalue weighted by atomic mass is 16.2. The van der Waals surface area contributed by atoms with Crippen LogP contribution in [-0.2, 0) is 0 Å².